The van der Waals surface area contributed by atoms with Crippen LogP contribution in [0.1, 0.15) is 12.5 Å². The third kappa shape index (κ3) is 4.06. The van der Waals surface area contributed by atoms with Crippen LogP contribution in [0.3, 0.4) is 0 Å². The van der Waals surface area contributed by atoms with E-state index in [1.807, 2.05) is 49.4 Å². The van der Waals surface area contributed by atoms with Gasteiger partial charge >= 0.3 is 0 Å². The minimum atomic E-state index is 0.466. The number of ether oxygens (including phenoxy) is 3. The molecule has 142 valence electrons. The van der Waals surface area contributed by atoms with Crippen LogP contribution in [-0.2, 0) is 6.54 Å². The normalized spacial score (nSPS) is 10.5. The average molecular weight is 386 g/mol. The molecule has 0 aliphatic rings. The highest BCUT2D eigenvalue weighted by molar-refractivity contribution is 7.71. The average Bonchev–Trinajstić information content (AvgIpc) is 3.07. The molecule has 27 heavy (non-hydrogen) atoms. The van der Waals surface area contributed by atoms with Gasteiger partial charge in [-0.1, -0.05) is 18.2 Å². The number of para-hydroxylation sites is 1. The van der Waals surface area contributed by atoms with Crippen LogP contribution >= 0.6 is 12.2 Å². The fourth-order valence-electron chi connectivity index (χ4n) is 2.72. The van der Waals surface area contributed by atoms with E-state index in [1.165, 1.54) is 0 Å². The number of H-pyrrole nitrogens is 1. The van der Waals surface area contributed by atoms with Gasteiger partial charge in [0.15, 0.2) is 17.3 Å². The van der Waals surface area contributed by atoms with Gasteiger partial charge in [0.25, 0.3) is 0 Å². The maximum Gasteiger partial charge on any atom is 0.214 e. The lowest BCUT2D eigenvalue weighted by molar-refractivity contribution is 0.310. The number of rotatable bonds is 8. The number of nitrogens with one attached hydrogen (secondary N) is 2. The standard InChI is InChI=1S/C19H22N4O3S/c1-4-26-16-10-9-13(11-17(16)25-3)12-20-23-18(21-22-19(23)27)14-7-5-6-8-15(14)24-2/h5-11,20H,4,12H2,1-3H3,(H,22,27). The molecule has 0 unspecified atom stereocenters. The monoisotopic (exact) mass is 386 g/mol. The molecule has 2 aromatic carbocycles. The van der Waals surface area contributed by atoms with Crippen molar-refractivity contribution < 1.29 is 14.2 Å². The Morgan fingerprint density at radius 3 is 2.59 bits per heavy atom. The summed E-state index contributed by atoms with van der Waals surface area (Å²) >= 11 is 5.37. The fraction of sp³-hybridized carbons (Fsp3) is 0.263. The van der Waals surface area contributed by atoms with E-state index in [1.54, 1.807) is 18.9 Å². The Kier molecular flexibility index (Phi) is 5.97. The van der Waals surface area contributed by atoms with Crippen LogP contribution < -0.4 is 19.6 Å². The molecule has 0 atom stereocenters. The van der Waals surface area contributed by atoms with Crippen molar-refractivity contribution in [1.82, 2.24) is 14.9 Å². The molecule has 0 spiro atoms. The molecule has 1 heterocycles. The maximum absolute atomic E-state index is 5.56. The Morgan fingerprint density at radius 1 is 1.07 bits per heavy atom. The molecule has 1 aromatic heterocycles. The van der Waals surface area contributed by atoms with Crippen LogP contribution in [0, 0.1) is 4.77 Å². The molecule has 3 rings (SSSR count). The summed E-state index contributed by atoms with van der Waals surface area (Å²) in [7, 11) is 3.26. The Morgan fingerprint density at radius 2 is 1.85 bits per heavy atom. The van der Waals surface area contributed by atoms with Gasteiger partial charge in [-0.15, -0.1) is 0 Å². The number of aromatic amines is 1. The molecule has 2 N–H and O–H groups in total. The predicted octanol–water partition coefficient (Wildman–Crippen LogP) is 3.77. The number of nitrogens with zero attached hydrogens (tertiary/aromatic N) is 2. The number of hydrogen-bond acceptors (Lipinski definition) is 6. The molecule has 0 fully saturated rings. The molecule has 0 aliphatic heterocycles. The van der Waals surface area contributed by atoms with Gasteiger partial charge in [-0.3, -0.25) is 0 Å². The van der Waals surface area contributed by atoms with Crippen molar-refractivity contribution in [1.29, 1.82) is 0 Å². The zero-order valence-electron chi connectivity index (χ0n) is 15.5. The van der Waals surface area contributed by atoms with Gasteiger partial charge in [-0.25, -0.2) is 9.77 Å². The lowest BCUT2D eigenvalue weighted by atomic mass is 10.2. The van der Waals surface area contributed by atoms with E-state index in [9.17, 15) is 0 Å². The second kappa shape index (κ2) is 8.59. The van der Waals surface area contributed by atoms with Crippen molar-refractivity contribution in [2.45, 2.75) is 13.5 Å². The zero-order valence-corrected chi connectivity index (χ0v) is 16.3. The highest BCUT2D eigenvalue weighted by Crippen LogP contribution is 2.29. The summed E-state index contributed by atoms with van der Waals surface area (Å²) in [4.78, 5) is 0. The van der Waals surface area contributed by atoms with Crippen LogP contribution in [0.2, 0.25) is 0 Å². The zero-order chi connectivity index (χ0) is 19.2. The molecule has 0 saturated heterocycles. The van der Waals surface area contributed by atoms with Gasteiger partial charge in [0, 0.05) is 0 Å². The van der Waals surface area contributed by atoms with Crippen molar-refractivity contribution >= 4 is 12.2 Å². The van der Waals surface area contributed by atoms with E-state index in [0.29, 0.717) is 29.5 Å². The summed E-state index contributed by atoms with van der Waals surface area (Å²) in [6.07, 6.45) is 0. The lowest BCUT2D eigenvalue weighted by Gasteiger charge is -2.14. The summed E-state index contributed by atoms with van der Waals surface area (Å²) in [5, 5.41) is 7.16. The van der Waals surface area contributed by atoms with Gasteiger partial charge in [-0.2, -0.15) is 5.10 Å². The second-order valence-electron chi connectivity index (χ2n) is 5.64. The topological polar surface area (TPSA) is 73.3 Å². The van der Waals surface area contributed by atoms with Crippen LogP contribution in [0.5, 0.6) is 17.2 Å². The van der Waals surface area contributed by atoms with Gasteiger partial charge in [0.1, 0.15) is 5.75 Å². The summed E-state index contributed by atoms with van der Waals surface area (Å²) in [5.74, 6) is 2.78. The third-order valence-electron chi connectivity index (χ3n) is 3.99. The SMILES string of the molecule is CCOc1ccc(CNn2c(-c3ccccc3OC)n[nH]c2=S)cc1OC. The summed E-state index contributed by atoms with van der Waals surface area (Å²) < 4.78 is 18.6. The molecule has 3 aromatic rings. The summed E-state index contributed by atoms with van der Waals surface area (Å²) in [5.41, 5.74) is 5.15. The maximum atomic E-state index is 5.56. The molecule has 0 radical (unpaired) electrons. The first-order chi connectivity index (χ1) is 13.2. The van der Waals surface area contributed by atoms with Crippen LogP contribution in [0.25, 0.3) is 11.4 Å². The van der Waals surface area contributed by atoms with E-state index in [-0.39, 0.29) is 0 Å². The van der Waals surface area contributed by atoms with Crippen LogP contribution in [-0.4, -0.2) is 35.7 Å². The molecule has 0 bridgehead atoms. The first kappa shape index (κ1) is 18.8. The van der Waals surface area contributed by atoms with E-state index in [2.05, 4.69) is 15.6 Å². The number of hydrogen-bond donors (Lipinski definition) is 2. The Balaban J connectivity index is 1.85. The minimum absolute atomic E-state index is 0.466. The van der Waals surface area contributed by atoms with Crippen molar-refractivity contribution in [2.75, 3.05) is 26.3 Å². The third-order valence-corrected chi connectivity index (χ3v) is 4.26. The number of aromatic nitrogens is 3. The Hall–Kier alpha value is -3.00. The Bertz CT molecular complexity index is 968. The van der Waals surface area contributed by atoms with Gasteiger partial charge in [-0.05, 0) is 49.0 Å². The first-order valence-electron chi connectivity index (χ1n) is 8.52. The van der Waals surface area contributed by atoms with Gasteiger partial charge < -0.3 is 19.6 Å². The first-order valence-corrected chi connectivity index (χ1v) is 8.93. The van der Waals surface area contributed by atoms with Crippen molar-refractivity contribution in [3.05, 3.63) is 52.8 Å². The van der Waals surface area contributed by atoms with Gasteiger partial charge in [0.05, 0.1) is 32.9 Å². The van der Waals surface area contributed by atoms with E-state index in [0.717, 1.165) is 22.6 Å². The van der Waals surface area contributed by atoms with E-state index in [4.69, 9.17) is 26.4 Å². The molecular weight excluding hydrogens is 364 g/mol. The largest absolute Gasteiger partial charge is 0.496 e. The molecule has 0 amide bonds. The second-order valence-corrected chi connectivity index (χ2v) is 6.03. The predicted molar refractivity (Wildman–Crippen MR) is 107 cm³/mol. The number of methoxy groups -OCH3 is 2. The molecule has 0 saturated carbocycles. The highest BCUT2D eigenvalue weighted by Gasteiger charge is 2.13. The molecular formula is C19H22N4O3S. The smallest absolute Gasteiger partial charge is 0.214 e. The highest BCUT2D eigenvalue weighted by atomic mass is 32.1. The summed E-state index contributed by atoms with van der Waals surface area (Å²) in [6.45, 7) is 3.05. The van der Waals surface area contributed by atoms with Crippen molar-refractivity contribution in [3.63, 3.8) is 0 Å². The Labute approximate surface area is 162 Å². The molecule has 0 aliphatic carbocycles. The fourth-order valence-corrected chi connectivity index (χ4v) is 2.92. The van der Waals surface area contributed by atoms with E-state index < -0.39 is 0 Å². The number of benzene rings is 2. The molecule has 8 heteroatoms. The van der Waals surface area contributed by atoms with E-state index >= 15 is 0 Å². The van der Waals surface area contributed by atoms with Crippen LogP contribution in [0.15, 0.2) is 42.5 Å². The van der Waals surface area contributed by atoms with Crippen molar-refractivity contribution in [3.8, 4) is 28.6 Å². The van der Waals surface area contributed by atoms with Gasteiger partial charge in [0.2, 0.25) is 4.77 Å². The lowest BCUT2D eigenvalue weighted by Crippen LogP contribution is -2.16. The van der Waals surface area contributed by atoms with Crippen LogP contribution in [0.4, 0.5) is 0 Å². The van der Waals surface area contributed by atoms with Crippen molar-refractivity contribution in [2.24, 2.45) is 0 Å². The summed E-state index contributed by atoms with van der Waals surface area (Å²) in [6, 6.07) is 13.5. The quantitative estimate of drug-likeness (QED) is 0.574. The minimum Gasteiger partial charge on any atom is -0.496 e. The molecule has 7 nitrogen and oxygen atoms in total.